The molecule has 0 spiro atoms. The van der Waals surface area contributed by atoms with E-state index in [1.165, 1.54) is 9.21 Å². The Morgan fingerprint density at radius 3 is 2.25 bits per heavy atom. The van der Waals surface area contributed by atoms with Gasteiger partial charge in [0.05, 0.1) is 18.6 Å². The van der Waals surface area contributed by atoms with E-state index in [0.29, 0.717) is 25.3 Å². The summed E-state index contributed by atoms with van der Waals surface area (Å²) >= 11 is 0. The van der Waals surface area contributed by atoms with Gasteiger partial charge in [0.1, 0.15) is 11.8 Å². The molecule has 1 atom stereocenters. The van der Waals surface area contributed by atoms with Crippen LogP contribution in [0.1, 0.15) is 37.3 Å². The van der Waals surface area contributed by atoms with E-state index in [4.69, 9.17) is 9.84 Å². The van der Waals surface area contributed by atoms with E-state index in [1.807, 2.05) is 12.1 Å². The van der Waals surface area contributed by atoms with Crippen molar-refractivity contribution in [3.8, 4) is 5.75 Å². The predicted molar refractivity (Wildman–Crippen MR) is 136 cm³/mol. The zero-order chi connectivity index (χ0) is 26.1. The van der Waals surface area contributed by atoms with E-state index >= 15 is 0 Å². The summed E-state index contributed by atoms with van der Waals surface area (Å²) in [6.45, 7) is 2.92. The quantitative estimate of drug-likeness (QED) is 0.445. The minimum absolute atomic E-state index is 0.112. The molecular weight excluding hydrogens is 482 g/mol. The summed E-state index contributed by atoms with van der Waals surface area (Å²) in [7, 11) is -1.91. The van der Waals surface area contributed by atoms with Gasteiger partial charge in [-0.15, -0.1) is 0 Å². The number of nitrogens with zero attached hydrogens (tertiary/aromatic N) is 2. The van der Waals surface area contributed by atoms with Gasteiger partial charge in [-0.05, 0) is 61.6 Å². The van der Waals surface area contributed by atoms with E-state index in [0.717, 1.165) is 24.0 Å². The van der Waals surface area contributed by atoms with Gasteiger partial charge < -0.3 is 20.1 Å². The van der Waals surface area contributed by atoms with Crippen LogP contribution in [0.15, 0.2) is 53.4 Å². The third kappa shape index (κ3) is 7.05. The maximum Gasteiger partial charge on any atom is 0.243 e. The summed E-state index contributed by atoms with van der Waals surface area (Å²) in [5, 5.41) is 11.6. The van der Waals surface area contributed by atoms with Gasteiger partial charge in [0.25, 0.3) is 0 Å². The molecule has 0 aliphatic carbocycles. The van der Waals surface area contributed by atoms with Crippen LogP contribution < -0.4 is 10.1 Å². The molecule has 1 heterocycles. The van der Waals surface area contributed by atoms with Crippen LogP contribution in [-0.2, 0) is 32.6 Å². The first kappa shape index (κ1) is 27.6. The topological polar surface area (TPSA) is 116 Å². The number of aliphatic hydroxyl groups is 1. The first-order valence-corrected chi connectivity index (χ1v) is 13.6. The SMILES string of the molecule is COc1ccc(CN(C(=O)CCc2ccc(S(=O)(=O)N3CCCC3)cc2)C(C)C(=O)NCCO)cc1. The Morgan fingerprint density at radius 2 is 1.67 bits per heavy atom. The van der Waals surface area contributed by atoms with Crippen molar-refractivity contribution in [2.75, 3.05) is 33.4 Å². The zero-order valence-corrected chi connectivity index (χ0v) is 21.7. The highest BCUT2D eigenvalue weighted by Crippen LogP contribution is 2.22. The van der Waals surface area contributed by atoms with Crippen LogP contribution in [0.4, 0.5) is 0 Å². The summed E-state index contributed by atoms with van der Waals surface area (Å²) in [5.74, 6) is 0.147. The van der Waals surface area contributed by atoms with Crippen molar-refractivity contribution in [3.05, 3.63) is 59.7 Å². The number of rotatable bonds is 12. The Labute approximate surface area is 213 Å². The van der Waals surface area contributed by atoms with Crippen molar-refractivity contribution in [2.45, 2.75) is 50.1 Å². The number of aryl methyl sites for hydroxylation is 1. The van der Waals surface area contributed by atoms with Crippen molar-refractivity contribution in [2.24, 2.45) is 0 Å². The highest BCUT2D eigenvalue weighted by molar-refractivity contribution is 7.89. The molecule has 1 aliphatic rings. The van der Waals surface area contributed by atoms with Crippen LogP contribution in [0.5, 0.6) is 5.75 Å². The zero-order valence-electron chi connectivity index (χ0n) is 20.9. The summed E-state index contributed by atoms with van der Waals surface area (Å²) in [6, 6.07) is 13.2. The lowest BCUT2D eigenvalue weighted by molar-refractivity contribution is -0.140. The fourth-order valence-corrected chi connectivity index (χ4v) is 5.65. The van der Waals surface area contributed by atoms with Gasteiger partial charge in [-0.25, -0.2) is 8.42 Å². The number of hydrogen-bond donors (Lipinski definition) is 2. The molecule has 3 rings (SSSR count). The molecule has 0 radical (unpaired) electrons. The second-order valence-corrected chi connectivity index (χ2v) is 10.8. The molecule has 196 valence electrons. The van der Waals surface area contributed by atoms with E-state index < -0.39 is 16.1 Å². The first-order valence-electron chi connectivity index (χ1n) is 12.2. The molecule has 1 unspecified atom stereocenters. The van der Waals surface area contributed by atoms with Gasteiger partial charge >= 0.3 is 0 Å². The number of nitrogens with one attached hydrogen (secondary N) is 1. The Hall–Kier alpha value is -2.95. The van der Waals surface area contributed by atoms with Crippen LogP contribution >= 0.6 is 0 Å². The molecule has 36 heavy (non-hydrogen) atoms. The van der Waals surface area contributed by atoms with Crippen molar-refractivity contribution < 1.29 is 27.9 Å². The minimum Gasteiger partial charge on any atom is -0.497 e. The molecule has 2 aromatic rings. The van der Waals surface area contributed by atoms with Gasteiger partial charge in [0, 0.05) is 32.6 Å². The fraction of sp³-hybridized carbons (Fsp3) is 0.462. The number of sulfonamides is 1. The fourth-order valence-electron chi connectivity index (χ4n) is 4.14. The van der Waals surface area contributed by atoms with E-state index in [9.17, 15) is 18.0 Å². The third-order valence-corrected chi connectivity index (χ3v) is 8.26. The first-order chi connectivity index (χ1) is 17.3. The Kier molecular flexibility index (Phi) is 9.86. The number of carbonyl (C=O) groups excluding carboxylic acids is 2. The average Bonchev–Trinajstić information content (AvgIpc) is 3.45. The van der Waals surface area contributed by atoms with Gasteiger partial charge in [-0.1, -0.05) is 24.3 Å². The van der Waals surface area contributed by atoms with Crippen LogP contribution in [0, 0.1) is 0 Å². The monoisotopic (exact) mass is 517 g/mol. The number of amides is 2. The van der Waals surface area contributed by atoms with Crippen molar-refractivity contribution >= 4 is 21.8 Å². The van der Waals surface area contributed by atoms with E-state index in [1.54, 1.807) is 50.4 Å². The van der Waals surface area contributed by atoms with Crippen LogP contribution in [0.25, 0.3) is 0 Å². The summed E-state index contributed by atoms with van der Waals surface area (Å²) in [5.41, 5.74) is 1.69. The molecule has 1 fully saturated rings. The smallest absolute Gasteiger partial charge is 0.243 e. The van der Waals surface area contributed by atoms with Crippen molar-refractivity contribution in [1.29, 1.82) is 0 Å². The lowest BCUT2D eigenvalue weighted by Crippen LogP contribution is -2.48. The third-order valence-electron chi connectivity index (χ3n) is 6.34. The molecular formula is C26H35N3O6S. The highest BCUT2D eigenvalue weighted by Gasteiger charge is 2.28. The van der Waals surface area contributed by atoms with Crippen LogP contribution in [0.3, 0.4) is 0 Å². The second-order valence-electron chi connectivity index (χ2n) is 8.82. The average molecular weight is 518 g/mol. The predicted octanol–water partition coefficient (Wildman–Crippen LogP) is 1.94. The molecule has 10 heteroatoms. The number of aliphatic hydroxyl groups excluding tert-OH is 1. The number of ether oxygens (including phenoxy) is 1. The Bertz CT molecular complexity index is 1110. The largest absolute Gasteiger partial charge is 0.497 e. The number of hydrogen-bond acceptors (Lipinski definition) is 6. The number of carbonyl (C=O) groups is 2. The second kappa shape index (κ2) is 12.8. The lowest BCUT2D eigenvalue weighted by atomic mass is 10.1. The van der Waals surface area contributed by atoms with E-state index in [2.05, 4.69) is 5.32 Å². The summed E-state index contributed by atoms with van der Waals surface area (Å²) in [6.07, 6.45) is 2.32. The van der Waals surface area contributed by atoms with Crippen molar-refractivity contribution in [1.82, 2.24) is 14.5 Å². The molecule has 9 nitrogen and oxygen atoms in total. The molecule has 1 saturated heterocycles. The molecule has 2 N–H and O–H groups in total. The molecule has 1 aliphatic heterocycles. The van der Waals surface area contributed by atoms with Gasteiger partial charge in [-0.3, -0.25) is 9.59 Å². The van der Waals surface area contributed by atoms with E-state index in [-0.39, 0.29) is 42.8 Å². The van der Waals surface area contributed by atoms with Crippen LogP contribution in [-0.4, -0.2) is 73.9 Å². The van der Waals surface area contributed by atoms with Crippen molar-refractivity contribution in [3.63, 3.8) is 0 Å². The standard InChI is InChI=1S/C26H35N3O6S/c1-20(26(32)27-15-18-30)29(19-22-5-10-23(35-2)11-6-22)25(31)14-9-21-7-12-24(13-8-21)36(33,34)28-16-3-4-17-28/h5-8,10-13,20,30H,3-4,9,14-19H2,1-2H3,(H,27,32). The van der Waals surface area contributed by atoms with Gasteiger partial charge in [-0.2, -0.15) is 4.31 Å². The minimum atomic E-state index is -3.48. The maximum atomic E-state index is 13.2. The molecule has 2 aromatic carbocycles. The molecule has 2 amide bonds. The molecule has 0 bridgehead atoms. The van der Waals surface area contributed by atoms with Crippen LogP contribution in [0.2, 0.25) is 0 Å². The highest BCUT2D eigenvalue weighted by atomic mass is 32.2. The Balaban J connectivity index is 1.68. The number of methoxy groups -OCH3 is 1. The number of benzene rings is 2. The van der Waals surface area contributed by atoms with Gasteiger partial charge in [0.15, 0.2) is 0 Å². The van der Waals surface area contributed by atoms with Gasteiger partial charge in [0.2, 0.25) is 21.8 Å². The normalized spacial score (nSPS) is 14.9. The Morgan fingerprint density at radius 1 is 1.06 bits per heavy atom. The molecule has 0 aromatic heterocycles. The molecule has 0 saturated carbocycles. The summed E-state index contributed by atoms with van der Waals surface area (Å²) < 4.78 is 32.2. The lowest BCUT2D eigenvalue weighted by Gasteiger charge is -2.29. The summed E-state index contributed by atoms with van der Waals surface area (Å²) in [4.78, 5) is 27.6. The maximum absolute atomic E-state index is 13.2.